The van der Waals surface area contributed by atoms with Crippen molar-refractivity contribution in [1.29, 1.82) is 0 Å². The summed E-state index contributed by atoms with van der Waals surface area (Å²) in [4.78, 5) is 11.9. The lowest BCUT2D eigenvalue weighted by Crippen LogP contribution is -2.40. The second-order valence-corrected chi connectivity index (χ2v) is 6.53. The van der Waals surface area contributed by atoms with E-state index in [2.05, 4.69) is 26.1 Å². The number of nitrogens with one attached hydrogen (secondary N) is 1. The zero-order valence-electron chi connectivity index (χ0n) is 11.7. The summed E-state index contributed by atoms with van der Waals surface area (Å²) in [6.07, 6.45) is 0. The highest BCUT2D eigenvalue weighted by molar-refractivity contribution is 5.94. The number of benzene rings is 1. The molecule has 0 bridgehead atoms. The molecule has 2 heteroatoms. The van der Waals surface area contributed by atoms with Crippen molar-refractivity contribution in [2.75, 3.05) is 0 Å². The summed E-state index contributed by atoms with van der Waals surface area (Å²) in [5.74, 6) is -0.0158. The summed E-state index contributed by atoms with van der Waals surface area (Å²) in [6, 6.07) is 7.83. The van der Waals surface area contributed by atoms with Crippen LogP contribution in [-0.4, -0.2) is 11.4 Å². The van der Waals surface area contributed by atoms with Gasteiger partial charge in [0.05, 0.1) is 0 Å². The number of amides is 1. The SMILES string of the molecule is CC(C)(C)NC(=O)c1ccc(C(C)(C)C)cc1. The van der Waals surface area contributed by atoms with Gasteiger partial charge in [0.15, 0.2) is 0 Å². The fourth-order valence-corrected chi connectivity index (χ4v) is 1.53. The van der Waals surface area contributed by atoms with E-state index in [1.54, 1.807) is 0 Å². The van der Waals surface area contributed by atoms with Crippen molar-refractivity contribution in [1.82, 2.24) is 5.32 Å². The third-order valence-corrected chi connectivity index (χ3v) is 2.50. The van der Waals surface area contributed by atoms with Crippen molar-refractivity contribution in [3.8, 4) is 0 Å². The molecule has 0 aliphatic carbocycles. The van der Waals surface area contributed by atoms with E-state index < -0.39 is 0 Å². The molecule has 1 aromatic carbocycles. The maximum atomic E-state index is 11.9. The van der Waals surface area contributed by atoms with Crippen molar-refractivity contribution in [3.63, 3.8) is 0 Å². The molecule has 0 saturated carbocycles. The van der Waals surface area contributed by atoms with E-state index >= 15 is 0 Å². The quantitative estimate of drug-likeness (QED) is 0.790. The molecular weight excluding hydrogens is 210 g/mol. The van der Waals surface area contributed by atoms with E-state index in [9.17, 15) is 4.79 Å². The molecule has 0 aliphatic heterocycles. The summed E-state index contributed by atoms with van der Waals surface area (Å²) in [5, 5.41) is 2.95. The molecule has 0 spiro atoms. The largest absolute Gasteiger partial charge is 0.347 e. The van der Waals surface area contributed by atoms with Crippen LogP contribution in [0.4, 0.5) is 0 Å². The lowest BCUT2D eigenvalue weighted by molar-refractivity contribution is 0.0919. The number of rotatable bonds is 1. The Balaban J connectivity index is 2.85. The van der Waals surface area contributed by atoms with E-state index in [-0.39, 0.29) is 16.9 Å². The Hall–Kier alpha value is -1.31. The topological polar surface area (TPSA) is 29.1 Å². The van der Waals surface area contributed by atoms with Gasteiger partial charge in [-0.1, -0.05) is 32.9 Å². The molecule has 1 amide bonds. The maximum absolute atomic E-state index is 11.9. The predicted octanol–water partition coefficient (Wildman–Crippen LogP) is 3.51. The summed E-state index contributed by atoms with van der Waals surface area (Å²) in [6.45, 7) is 12.4. The van der Waals surface area contributed by atoms with E-state index in [4.69, 9.17) is 0 Å². The molecule has 0 unspecified atom stereocenters. The normalized spacial score (nSPS) is 12.4. The van der Waals surface area contributed by atoms with Crippen LogP contribution in [0.3, 0.4) is 0 Å². The third kappa shape index (κ3) is 4.22. The fraction of sp³-hybridized carbons (Fsp3) is 0.533. The fourth-order valence-electron chi connectivity index (χ4n) is 1.53. The third-order valence-electron chi connectivity index (χ3n) is 2.50. The molecule has 1 N–H and O–H groups in total. The molecular formula is C15H23NO. The van der Waals surface area contributed by atoms with E-state index in [1.165, 1.54) is 5.56 Å². The van der Waals surface area contributed by atoms with Gasteiger partial charge in [0.2, 0.25) is 0 Å². The molecule has 0 fully saturated rings. The van der Waals surface area contributed by atoms with Gasteiger partial charge < -0.3 is 5.32 Å². The van der Waals surface area contributed by atoms with Crippen LogP contribution in [0, 0.1) is 0 Å². The Morgan fingerprint density at radius 1 is 0.941 bits per heavy atom. The molecule has 0 aliphatic rings. The average Bonchev–Trinajstić information content (AvgIpc) is 2.14. The summed E-state index contributed by atoms with van der Waals surface area (Å²) < 4.78 is 0. The number of hydrogen-bond acceptors (Lipinski definition) is 1. The number of carbonyl (C=O) groups excluding carboxylic acids is 1. The molecule has 1 rings (SSSR count). The number of hydrogen-bond donors (Lipinski definition) is 1. The van der Waals surface area contributed by atoms with Gasteiger partial charge in [0, 0.05) is 11.1 Å². The van der Waals surface area contributed by atoms with Crippen LogP contribution in [0.1, 0.15) is 57.5 Å². The van der Waals surface area contributed by atoms with Crippen LogP contribution in [0.25, 0.3) is 0 Å². The lowest BCUT2D eigenvalue weighted by Gasteiger charge is -2.22. The van der Waals surface area contributed by atoms with Crippen LogP contribution in [0.15, 0.2) is 24.3 Å². The summed E-state index contributed by atoms with van der Waals surface area (Å²) >= 11 is 0. The Bertz CT molecular complexity index is 390. The molecule has 94 valence electrons. The Morgan fingerprint density at radius 3 is 1.76 bits per heavy atom. The highest BCUT2D eigenvalue weighted by atomic mass is 16.1. The van der Waals surface area contributed by atoms with Crippen LogP contribution < -0.4 is 5.32 Å². The first-order valence-corrected chi connectivity index (χ1v) is 6.03. The van der Waals surface area contributed by atoms with Gasteiger partial charge in [-0.2, -0.15) is 0 Å². The van der Waals surface area contributed by atoms with Gasteiger partial charge in [-0.25, -0.2) is 0 Å². The van der Waals surface area contributed by atoms with Crippen LogP contribution >= 0.6 is 0 Å². The van der Waals surface area contributed by atoms with E-state index in [0.717, 1.165) is 0 Å². The van der Waals surface area contributed by atoms with E-state index in [1.807, 2.05) is 45.0 Å². The van der Waals surface area contributed by atoms with Crippen molar-refractivity contribution in [3.05, 3.63) is 35.4 Å². The minimum absolute atomic E-state index is 0.0158. The van der Waals surface area contributed by atoms with Crippen molar-refractivity contribution >= 4 is 5.91 Å². The molecule has 0 heterocycles. The smallest absolute Gasteiger partial charge is 0.251 e. The summed E-state index contributed by atoms with van der Waals surface area (Å²) in [5.41, 5.74) is 1.89. The molecule has 0 saturated heterocycles. The van der Waals surface area contributed by atoms with E-state index in [0.29, 0.717) is 5.56 Å². The molecule has 2 nitrogen and oxygen atoms in total. The van der Waals surface area contributed by atoms with Crippen molar-refractivity contribution < 1.29 is 4.79 Å². The number of carbonyl (C=O) groups is 1. The monoisotopic (exact) mass is 233 g/mol. The van der Waals surface area contributed by atoms with Crippen LogP contribution in [-0.2, 0) is 5.41 Å². The highest BCUT2D eigenvalue weighted by Crippen LogP contribution is 2.22. The minimum atomic E-state index is -0.195. The minimum Gasteiger partial charge on any atom is -0.347 e. The first-order valence-electron chi connectivity index (χ1n) is 6.03. The van der Waals surface area contributed by atoms with Gasteiger partial charge in [-0.15, -0.1) is 0 Å². The van der Waals surface area contributed by atoms with Gasteiger partial charge in [-0.3, -0.25) is 4.79 Å². The zero-order chi connectivity index (χ0) is 13.3. The van der Waals surface area contributed by atoms with Gasteiger partial charge in [0.25, 0.3) is 5.91 Å². The first kappa shape index (κ1) is 13.8. The molecule has 1 aromatic rings. The zero-order valence-corrected chi connectivity index (χ0v) is 11.7. The average molecular weight is 233 g/mol. The summed E-state index contributed by atoms with van der Waals surface area (Å²) in [7, 11) is 0. The second-order valence-electron chi connectivity index (χ2n) is 6.53. The first-order chi connectivity index (χ1) is 7.59. The maximum Gasteiger partial charge on any atom is 0.251 e. The van der Waals surface area contributed by atoms with Gasteiger partial charge in [0.1, 0.15) is 0 Å². The Kier molecular flexibility index (Phi) is 3.65. The molecule has 0 radical (unpaired) electrons. The molecule has 17 heavy (non-hydrogen) atoms. The predicted molar refractivity (Wildman–Crippen MR) is 72.4 cm³/mol. The Labute approximate surface area is 104 Å². The highest BCUT2D eigenvalue weighted by Gasteiger charge is 2.17. The van der Waals surface area contributed by atoms with Gasteiger partial charge >= 0.3 is 0 Å². The van der Waals surface area contributed by atoms with Crippen molar-refractivity contribution in [2.45, 2.75) is 52.5 Å². The van der Waals surface area contributed by atoms with Crippen molar-refractivity contribution in [2.24, 2.45) is 0 Å². The van der Waals surface area contributed by atoms with Crippen LogP contribution in [0.2, 0.25) is 0 Å². The molecule has 0 atom stereocenters. The standard InChI is InChI=1S/C15H23NO/c1-14(2,3)12-9-7-11(8-10-12)13(17)16-15(4,5)6/h7-10H,1-6H3,(H,16,17). The lowest BCUT2D eigenvalue weighted by atomic mass is 9.86. The van der Waals surface area contributed by atoms with Crippen LogP contribution in [0.5, 0.6) is 0 Å². The Morgan fingerprint density at radius 2 is 1.41 bits per heavy atom. The van der Waals surface area contributed by atoms with Gasteiger partial charge in [-0.05, 0) is 43.9 Å². The molecule has 0 aromatic heterocycles. The second kappa shape index (κ2) is 4.52.